The summed E-state index contributed by atoms with van der Waals surface area (Å²) < 4.78 is 5.01. The monoisotopic (exact) mass is 84.1 g/mol. The summed E-state index contributed by atoms with van der Waals surface area (Å²) in [4.78, 5) is 0. The molecule has 1 rings (SSSR count). The lowest BCUT2D eigenvalue weighted by molar-refractivity contribution is 0.245. The van der Waals surface area contributed by atoms with Crippen molar-refractivity contribution in [1.82, 2.24) is 0 Å². The number of rotatable bonds is 2. The smallest absolute Gasteiger partial charge is 0.0963 e. The molecule has 0 aromatic carbocycles. The van der Waals surface area contributed by atoms with E-state index in [0.29, 0.717) is 0 Å². The number of hydrogen-bond acceptors (Lipinski definition) is 1. The van der Waals surface area contributed by atoms with Gasteiger partial charge < -0.3 is 4.74 Å². The van der Waals surface area contributed by atoms with Crippen molar-refractivity contribution >= 4 is 0 Å². The van der Waals surface area contributed by atoms with E-state index in [-0.39, 0.29) is 0 Å². The van der Waals surface area contributed by atoms with Crippen LogP contribution in [-0.4, -0.2) is 6.61 Å². The molecule has 0 fully saturated rings. The third-order valence-electron chi connectivity index (χ3n) is 0.701. The zero-order valence-corrected chi connectivity index (χ0v) is 3.90. The molecule has 1 aliphatic rings. The van der Waals surface area contributed by atoms with Crippen LogP contribution in [0, 0.1) is 0 Å². The second-order valence-electron chi connectivity index (χ2n) is 1.31. The molecule has 0 aromatic rings. The summed E-state index contributed by atoms with van der Waals surface area (Å²) in [5.41, 5.74) is 0. The van der Waals surface area contributed by atoms with Gasteiger partial charge in [0.2, 0.25) is 0 Å². The summed E-state index contributed by atoms with van der Waals surface area (Å²) in [6.45, 7) is 2.82. The summed E-state index contributed by atoms with van der Waals surface area (Å²) in [6, 6.07) is 0. The van der Waals surface area contributed by atoms with Crippen LogP contribution in [0.1, 0.15) is 13.3 Å². The van der Waals surface area contributed by atoms with Crippen LogP contribution in [0.2, 0.25) is 0 Å². The summed E-state index contributed by atoms with van der Waals surface area (Å²) >= 11 is 0. The highest BCUT2D eigenvalue weighted by Gasteiger charge is 2.04. The lowest BCUT2D eigenvalue weighted by Crippen LogP contribution is -1.76. The fourth-order valence-electron chi connectivity index (χ4n) is 0.345. The molecule has 0 radical (unpaired) electrons. The van der Waals surface area contributed by atoms with E-state index in [1.165, 1.54) is 0 Å². The molecular formula is C5H8O. The van der Waals surface area contributed by atoms with Crippen molar-refractivity contribution in [3.63, 3.8) is 0 Å². The molecule has 0 N–H and O–H groups in total. The van der Waals surface area contributed by atoms with Crippen molar-refractivity contribution < 1.29 is 4.74 Å². The van der Waals surface area contributed by atoms with Crippen LogP contribution in [0.3, 0.4) is 0 Å². The molecule has 0 aromatic heterocycles. The zero-order chi connectivity index (χ0) is 4.41. The normalized spacial score (nSPS) is 16.5. The molecule has 0 bridgehead atoms. The SMILES string of the molecule is CCOC1=CC1. The Labute approximate surface area is 37.6 Å². The van der Waals surface area contributed by atoms with Crippen LogP contribution in [0.5, 0.6) is 0 Å². The van der Waals surface area contributed by atoms with E-state index < -0.39 is 0 Å². The molecule has 0 aliphatic heterocycles. The summed E-state index contributed by atoms with van der Waals surface area (Å²) in [5, 5.41) is 0. The van der Waals surface area contributed by atoms with Crippen LogP contribution < -0.4 is 0 Å². The van der Waals surface area contributed by atoms with Gasteiger partial charge in [-0.2, -0.15) is 0 Å². The minimum absolute atomic E-state index is 0.825. The maximum atomic E-state index is 5.01. The lowest BCUT2D eigenvalue weighted by atomic mass is 10.8. The quantitative estimate of drug-likeness (QED) is 0.490. The fraction of sp³-hybridized carbons (Fsp3) is 0.600. The predicted molar refractivity (Wildman–Crippen MR) is 24.3 cm³/mol. The van der Waals surface area contributed by atoms with Gasteiger partial charge in [-0.15, -0.1) is 0 Å². The van der Waals surface area contributed by atoms with Crippen molar-refractivity contribution in [2.24, 2.45) is 0 Å². The fourth-order valence-corrected chi connectivity index (χ4v) is 0.345. The second-order valence-corrected chi connectivity index (χ2v) is 1.31. The maximum absolute atomic E-state index is 5.01. The summed E-state index contributed by atoms with van der Waals surface area (Å²) in [5.74, 6) is 1.16. The Balaban J connectivity index is 2.02. The average Bonchev–Trinajstić information content (AvgIpc) is 2.21. The molecule has 0 unspecified atom stereocenters. The highest BCUT2D eigenvalue weighted by Crippen LogP contribution is 2.18. The van der Waals surface area contributed by atoms with Crippen LogP contribution >= 0.6 is 0 Å². The van der Waals surface area contributed by atoms with E-state index in [4.69, 9.17) is 4.74 Å². The van der Waals surface area contributed by atoms with E-state index in [9.17, 15) is 0 Å². The summed E-state index contributed by atoms with van der Waals surface area (Å²) in [6.07, 6.45) is 3.16. The highest BCUT2D eigenvalue weighted by atomic mass is 16.5. The van der Waals surface area contributed by atoms with Crippen molar-refractivity contribution in [2.75, 3.05) is 6.61 Å². The predicted octanol–water partition coefficient (Wildman–Crippen LogP) is 1.31. The maximum Gasteiger partial charge on any atom is 0.0963 e. The first-order valence-electron chi connectivity index (χ1n) is 2.25. The Morgan fingerprint density at radius 2 is 2.67 bits per heavy atom. The number of ether oxygens (including phenoxy) is 1. The van der Waals surface area contributed by atoms with Gasteiger partial charge in [0.15, 0.2) is 0 Å². The van der Waals surface area contributed by atoms with Gasteiger partial charge in [0, 0.05) is 6.42 Å². The first-order chi connectivity index (χ1) is 2.93. The molecule has 34 valence electrons. The van der Waals surface area contributed by atoms with Gasteiger partial charge in [-0.3, -0.25) is 0 Å². The van der Waals surface area contributed by atoms with E-state index >= 15 is 0 Å². The summed E-state index contributed by atoms with van der Waals surface area (Å²) in [7, 11) is 0. The van der Waals surface area contributed by atoms with Crippen molar-refractivity contribution in [3.8, 4) is 0 Å². The number of hydrogen-bond donors (Lipinski definition) is 0. The molecule has 0 saturated heterocycles. The van der Waals surface area contributed by atoms with Crippen LogP contribution in [0.15, 0.2) is 11.8 Å². The number of allylic oxidation sites excluding steroid dienone is 2. The Morgan fingerprint density at radius 1 is 2.00 bits per heavy atom. The lowest BCUT2D eigenvalue weighted by Gasteiger charge is -1.89. The first-order valence-corrected chi connectivity index (χ1v) is 2.25. The second kappa shape index (κ2) is 1.33. The molecule has 1 nitrogen and oxygen atoms in total. The Kier molecular flexibility index (Phi) is 0.825. The van der Waals surface area contributed by atoms with Gasteiger partial charge in [-0.05, 0) is 13.0 Å². The van der Waals surface area contributed by atoms with Gasteiger partial charge in [0.25, 0.3) is 0 Å². The largest absolute Gasteiger partial charge is 0.498 e. The van der Waals surface area contributed by atoms with Gasteiger partial charge in [0.05, 0.1) is 12.4 Å². The first kappa shape index (κ1) is 3.72. The molecule has 0 heterocycles. The topological polar surface area (TPSA) is 9.23 Å². The van der Waals surface area contributed by atoms with Crippen molar-refractivity contribution in [3.05, 3.63) is 11.8 Å². The van der Waals surface area contributed by atoms with Crippen molar-refractivity contribution in [1.29, 1.82) is 0 Å². The van der Waals surface area contributed by atoms with Gasteiger partial charge >= 0.3 is 0 Å². The Morgan fingerprint density at radius 3 is 2.83 bits per heavy atom. The molecule has 1 aliphatic carbocycles. The van der Waals surface area contributed by atoms with Gasteiger partial charge in [0.1, 0.15) is 0 Å². The molecule has 0 atom stereocenters. The molecular weight excluding hydrogens is 76.1 g/mol. The minimum Gasteiger partial charge on any atom is -0.498 e. The van der Waals surface area contributed by atoms with E-state index in [0.717, 1.165) is 18.8 Å². The minimum atomic E-state index is 0.825. The Bertz CT molecular complexity index is 74.0. The molecule has 0 saturated carbocycles. The van der Waals surface area contributed by atoms with Gasteiger partial charge in [-0.25, -0.2) is 0 Å². The third kappa shape index (κ3) is 0.744. The van der Waals surface area contributed by atoms with E-state index in [1.807, 2.05) is 6.92 Å². The third-order valence-corrected chi connectivity index (χ3v) is 0.701. The molecule has 0 spiro atoms. The van der Waals surface area contributed by atoms with Crippen LogP contribution in [-0.2, 0) is 4.74 Å². The molecule has 1 heteroatoms. The highest BCUT2D eigenvalue weighted by molar-refractivity contribution is 5.13. The zero-order valence-electron chi connectivity index (χ0n) is 3.90. The average molecular weight is 84.1 g/mol. The van der Waals surface area contributed by atoms with Crippen molar-refractivity contribution in [2.45, 2.75) is 13.3 Å². The standard InChI is InChI=1S/C5H8O/c1-2-6-5-3-4-5/h3H,2,4H2,1H3. The Hall–Kier alpha value is -0.460. The molecule has 0 amide bonds. The van der Waals surface area contributed by atoms with E-state index in [2.05, 4.69) is 6.08 Å². The molecule has 6 heavy (non-hydrogen) atoms. The van der Waals surface area contributed by atoms with Crippen LogP contribution in [0.4, 0.5) is 0 Å². The van der Waals surface area contributed by atoms with E-state index in [1.54, 1.807) is 0 Å². The van der Waals surface area contributed by atoms with Crippen LogP contribution in [0.25, 0.3) is 0 Å². The van der Waals surface area contributed by atoms with Gasteiger partial charge in [-0.1, -0.05) is 0 Å².